The second-order valence-corrected chi connectivity index (χ2v) is 5.16. The number of nitrogens with one attached hydrogen (secondary N) is 1. The van der Waals surface area contributed by atoms with Crippen LogP contribution in [0.4, 0.5) is 18.0 Å². The zero-order chi connectivity index (χ0) is 15.7. The van der Waals surface area contributed by atoms with E-state index in [9.17, 15) is 22.8 Å². The van der Waals surface area contributed by atoms with Gasteiger partial charge in [0.2, 0.25) is 5.54 Å². The quantitative estimate of drug-likeness (QED) is 0.788. The molecule has 1 aliphatic heterocycles. The van der Waals surface area contributed by atoms with Crippen LogP contribution >= 0.6 is 0 Å². The Bertz CT molecular complexity index is 402. The standard InChI is InChI=1S/C11H18F3N3O3/c1-7-6-16(3)4-5-17(7)9(20)15-10(2,8(18)19)11(12,13)14/h7H,4-6H2,1-3H3,(H,15,20)(H,18,19). The van der Waals surface area contributed by atoms with Crippen LogP contribution < -0.4 is 5.32 Å². The van der Waals surface area contributed by atoms with Gasteiger partial charge in [-0.3, -0.25) is 0 Å². The highest BCUT2D eigenvalue weighted by atomic mass is 19.4. The smallest absolute Gasteiger partial charge is 0.422 e. The molecule has 0 aromatic rings. The summed E-state index contributed by atoms with van der Waals surface area (Å²) in [6.07, 6.45) is -5.08. The second kappa shape index (κ2) is 5.47. The molecule has 116 valence electrons. The lowest BCUT2D eigenvalue weighted by Crippen LogP contribution is -2.66. The van der Waals surface area contributed by atoms with Gasteiger partial charge in [0.15, 0.2) is 0 Å². The molecule has 2 N–H and O–H groups in total. The zero-order valence-corrected chi connectivity index (χ0v) is 11.5. The highest BCUT2D eigenvalue weighted by Crippen LogP contribution is 2.30. The molecule has 1 fully saturated rings. The number of alkyl halides is 3. The lowest BCUT2D eigenvalue weighted by molar-refractivity contribution is -0.203. The molecule has 0 aromatic carbocycles. The van der Waals surface area contributed by atoms with Crippen molar-refractivity contribution in [3.05, 3.63) is 0 Å². The van der Waals surface area contributed by atoms with Crippen LogP contribution in [-0.2, 0) is 4.79 Å². The monoisotopic (exact) mass is 297 g/mol. The third-order valence-corrected chi connectivity index (χ3v) is 3.44. The SMILES string of the molecule is CC1CN(C)CCN1C(=O)NC(C)(C(=O)O)C(F)(F)F. The molecule has 1 aliphatic rings. The number of carbonyl (C=O) groups is 2. The van der Waals surface area contributed by atoms with E-state index in [-0.39, 0.29) is 12.6 Å². The Morgan fingerprint density at radius 3 is 2.25 bits per heavy atom. The van der Waals surface area contributed by atoms with E-state index in [2.05, 4.69) is 0 Å². The van der Waals surface area contributed by atoms with Crippen molar-refractivity contribution >= 4 is 12.0 Å². The van der Waals surface area contributed by atoms with Crippen LogP contribution in [0.25, 0.3) is 0 Å². The minimum atomic E-state index is -5.08. The predicted molar refractivity (Wildman–Crippen MR) is 64.3 cm³/mol. The van der Waals surface area contributed by atoms with E-state index in [4.69, 9.17) is 5.11 Å². The van der Waals surface area contributed by atoms with Crippen molar-refractivity contribution in [1.82, 2.24) is 15.1 Å². The first-order chi connectivity index (χ1) is 8.99. The average Bonchev–Trinajstić information content (AvgIpc) is 2.26. The minimum Gasteiger partial charge on any atom is -0.479 e. The van der Waals surface area contributed by atoms with Crippen LogP contribution in [-0.4, -0.2) is 71.3 Å². The molecule has 0 aliphatic carbocycles. The van der Waals surface area contributed by atoms with Crippen LogP contribution in [0.3, 0.4) is 0 Å². The highest BCUT2D eigenvalue weighted by Gasteiger charge is 2.59. The van der Waals surface area contributed by atoms with E-state index in [1.54, 1.807) is 12.2 Å². The number of carboxylic acid groups (broad SMARTS) is 1. The number of aliphatic carboxylic acids is 1. The summed E-state index contributed by atoms with van der Waals surface area (Å²) >= 11 is 0. The van der Waals surface area contributed by atoms with Crippen molar-refractivity contribution in [2.75, 3.05) is 26.7 Å². The van der Waals surface area contributed by atoms with Crippen molar-refractivity contribution in [3.8, 4) is 0 Å². The first-order valence-electron chi connectivity index (χ1n) is 6.06. The maximum absolute atomic E-state index is 12.8. The first kappa shape index (κ1) is 16.5. The van der Waals surface area contributed by atoms with Crippen molar-refractivity contribution in [2.24, 2.45) is 0 Å². The van der Waals surface area contributed by atoms with Gasteiger partial charge in [-0.2, -0.15) is 13.2 Å². The molecule has 20 heavy (non-hydrogen) atoms. The van der Waals surface area contributed by atoms with Gasteiger partial charge >= 0.3 is 18.2 Å². The fraction of sp³-hybridized carbons (Fsp3) is 0.818. The Labute approximate surface area is 114 Å². The van der Waals surface area contributed by atoms with E-state index in [1.807, 2.05) is 11.9 Å². The summed E-state index contributed by atoms with van der Waals surface area (Å²) < 4.78 is 38.5. The summed E-state index contributed by atoms with van der Waals surface area (Å²) in [6, 6.07) is -1.31. The Morgan fingerprint density at radius 2 is 1.85 bits per heavy atom. The molecule has 0 saturated carbocycles. The third kappa shape index (κ3) is 3.14. The van der Waals surface area contributed by atoms with Gasteiger partial charge in [-0.15, -0.1) is 0 Å². The summed E-state index contributed by atoms with van der Waals surface area (Å²) in [7, 11) is 1.84. The number of piperazine rings is 1. The van der Waals surface area contributed by atoms with Gasteiger partial charge < -0.3 is 20.2 Å². The lowest BCUT2D eigenvalue weighted by Gasteiger charge is -2.40. The number of likely N-dealkylation sites (N-methyl/N-ethyl adjacent to an activating group) is 1. The number of hydrogen-bond acceptors (Lipinski definition) is 3. The van der Waals surface area contributed by atoms with Crippen molar-refractivity contribution in [1.29, 1.82) is 0 Å². The van der Waals surface area contributed by atoms with E-state index in [0.29, 0.717) is 20.0 Å². The molecule has 0 aromatic heterocycles. The van der Waals surface area contributed by atoms with Crippen LogP contribution in [0.2, 0.25) is 0 Å². The molecule has 0 spiro atoms. The van der Waals surface area contributed by atoms with Gasteiger partial charge in [0.1, 0.15) is 0 Å². The van der Waals surface area contributed by atoms with Gasteiger partial charge in [0, 0.05) is 25.7 Å². The summed E-state index contributed by atoms with van der Waals surface area (Å²) in [5, 5.41) is 10.4. The Balaban J connectivity index is 2.85. The van der Waals surface area contributed by atoms with E-state index in [0.717, 1.165) is 0 Å². The van der Waals surface area contributed by atoms with Crippen LogP contribution in [0.1, 0.15) is 13.8 Å². The number of rotatable bonds is 2. The Kier molecular flexibility index (Phi) is 4.52. The van der Waals surface area contributed by atoms with E-state index >= 15 is 0 Å². The number of halogens is 3. The fourth-order valence-corrected chi connectivity index (χ4v) is 1.97. The van der Waals surface area contributed by atoms with E-state index in [1.165, 1.54) is 4.90 Å². The van der Waals surface area contributed by atoms with Crippen LogP contribution in [0.15, 0.2) is 0 Å². The van der Waals surface area contributed by atoms with Crippen LogP contribution in [0, 0.1) is 0 Å². The molecule has 0 radical (unpaired) electrons. The molecular weight excluding hydrogens is 279 g/mol. The maximum atomic E-state index is 12.8. The summed E-state index contributed by atoms with van der Waals surface area (Å²) in [5.41, 5.74) is -3.30. The molecule has 2 unspecified atom stereocenters. The molecule has 1 saturated heterocycles. The number of amides is 2. The predicted octanol–water partition coefficient (Wildman–Crippen LogP) is 0.737. The number of carbonyl (C=O) groups excluding carboxylic acids is 1. The summed E-state index contributed by atoms with van der Waals surface area (Å²) in [6.45, 7) is 3.42. The Hall–Kier alpha value is -1.51. The van der Waals surface area contributed by atoms with Gasteiger partial charge in [0.05, 0.1) is 0 Å². The maximum Gasteiger partial charge on any atom is 0.422 e. The largest absolute Gasteiger partial charge is 0.479 e. The third-order valence-electron chi connectivity index (χ3n) is 3.44. The van der Waals surface area contributed by atoms with Gasteiger partial charge in [0.25, 0.3) is 0 Å². The molecule has 0 bridgehead atoms. The normalized spacial score (nSPS) is 24.1. The molecule has 1 heterocycles. The van der Waals surface area contributed by atoms with Crippen molar-refractivity contribution in [2.45, 2.75) is 31.6 Å². The number of carboxylic acids is 1. The average molecular weight is 297 g/mol. The fourth-order valence-electron chi connectivity index (χ4n) is 1.97. The molecule has 9 heteroatoms. The molecule has 6 nitrogen and oxygen atoms in total. The second-order valence-electron chi connectivity index (χ2n) is 5.16. The van der Waals surface area contributed by atoms with Crippen molar-refractivity contribution < 1.29 is 27.9 Å². The van der Waals surface area contributed by atoms with Gasteiger partial charge in [-0.1, -0.05) is 0 Å². The number of nitrogens with zero attached hydrogens (tertiary/aromatic N) is 2. The first-order valence-corrected chi connectivity index (χ1v) is 6.06. The molecule has 2 amide bonds. The van der Waals surface area contributed by atoms with Gasteiger partial charge in [-0.05, 0) is 20.9 Å². The molecular formula is C11H18F3N3O3. The van der Waals surface area contributed by atoms with Gasteiger partial charge in [-0.25, -0.2) is 9.59 Å². The Morgan fingerprint density at radius 1 is 1.30 bits per heavy atom. The molecule has 1 rings (SSSR count). The number of hydrogen-bond donors (Lipinski definition) is 2. The molecule has 2 atom stereocenters. The van der Waals surface area contributed by atoms with E-state index < -0.39 is 23.7 Å². The minimum absolute atomic E-state index is 0.247. The number of urea groups is 1. The summed E-state index contributed by atoms with van der Waals surface area (Å²) in [4.78, 5) is 25.9. The van der Waals surface area contributed by atoms with Crippen LogP contribution in [0.5, 0.6) is 0 Å². The zero-order valence-electron chi connectivity index (χ0n) is 11.5. The summed E-state index contributed by atoms with van der Waals surface area (Å²) in [5.74, 6) is -2.14. The highest BCUT2D eigenvalue weighted by molar-refractivity contribution is 5.87. The lowest BCUT2D eigenvalue weighted by atomic mass is 10.0. The van der Waals surface area contributed by atoms with Crippen molar-refractivity contribution in [3.63, 3.8) is 0 Å². The topological polar surface area (TPSA) is 72.9 Å².